The number of nitro benzene ring substituents is 1. The number of aryl methyl sites for hydroxylation is 2. The number of nitrogens with zero attached hydrogens (tertiary/aromatic N) is 2. The van der Waals surface area contributed by atoms with Crippen LogP contribution in [0.15, 0.2) is 35.4 Å². The van der Waals surface area contributed by atoms with Crippen LogP contribution < -0.4 is 4.90 Å². The molecule has 1 aromatic rings. The highest BCUT2D eigenvalue weighted by molar-refractivity contribution is 6.24. The van der Waals surface area contributed by atoms with Gasteiger partial charge in [-0.1, -0.05) is 23.3 Å². The molecule has 0 unspecified atom stereocenters. The zero-order valence-corrected chi connectivity index (χ0v) is 15.1. The first-order chi connectivity index (χ1) is 12.2. The lowest BCUT2D eigenvalue weighted by molar-refractivity contribution is -0.384. The van der Waals surface area contributed by atoms with E-state index in [4.69, 9.17) is 0 Å². The highest BCUT2D eigenvalue weighted by Gasteiger charge is 2.62. The van der Waals surface area contributed by atoms with Gasteiger partial charge in [0, 0.05) is 17.9 Å². The van der Waals surface area contributed by atoms with Crippen LogP contribution in [0.2, 0.25) is 0 Å². The molecule has 0 N–H and O–H groups in total. The number of imide groups is 1. The van der Waals surface area contributed by atoms with Crippen LogP contribution in [-0.4, -0.2) is 16.7 Å². The number of anilines is 1. The van der Waals surface area contributed by atoms with Gasteiger partial charge >= 0.3 is 0 Å². The minimum absolute atomic E-state index is 0.0675. The molecule has 0 radical (unpaired) electrons. The summed E-state index contributed by atoms with van der Waals surface area (Å²) in [6.07, 6.45) is 4.02. The lowest BCUT2D eigenvalue weighted by Gasteiger charge is -2.20. The Morgan fingerprint density at radius 3 is 1.96 bits per heavy atom. The van der Waals surface area contributed by atoms with Crippen molar-refractivity contribution in [1.82, 2.24) is 0 Å². The second-order valence-corrected chi connectivity index (χ2v) is 7.64. The maximum Gasteiger partial charge on any atom is 0.293 e. The van der Waals surface area contributed by atoms with Crippen LogP contribution in [-0.2, 0) is 9.59 Å². The average molecular weight is 352 g/mol. The Morgan fingerprint density at radius 1 is 1.00 bits per heavy atom. The molecule has 6 heteroatoms. The van der Waals surface area contributed by atoms with Gasteiger partial charge in [0.1, 0.15) is 5.69 Å². The van der Waals surface area contributed by atoms with E-state index in [0.717, 1.165) is 27.2 Å². The van der Waals surface area contributed by atoms with E-state index in [1.807, 2.05) is 32.9 Å². The SMILES string of the molecule is CC(C)=C1[C@H]2C=C[C@H]1[C@@H]1C(=O)N(c3cc(C)c(C)cc3[N+](=O)[O-])C(=O)[C@H]12. The van der Waals surface area contributed by atoms with Crippen molar-refractivity contribution in [2.24, 2.45) is 23.7 Å². The molecule has 1 saturated carbocycles. The molecule has 0 aromatic heterocycles. The quantitative estimate of drug-likeness (QED) is 0.353. The number of carbonyl (C=O) groups is 2. The molecular weight excluding hydrogens is 332 g/mol. The van der Waals surface area contributed by atoms with Crippen molar-refractivity contribution in [1.29, 1.82) is 0 Å². The van der Waals surface area contributed by atoms with Gasteiger partial charge in [-0.05, 0) is 44.9 Å². The molecule has 2 amide bonds. The Morgan fingerprint density at radius 2 is 1.50 bits per heavy atom. The molecular formula is C20H20N2O4. The molecule has 2 fully saturated rings. The van der Waals surface area contributed by atoms with Gasteiger partial charge in [0.15, 0.2) is 0 Å². The second kappa shape index (κ2) is 5.37. The van der Waals surface area contributed by atoms with E-state index in [1.165, 1.54) is 6.07 Å². The molecule has 26 heavy (non-hydrogen) atoms. The normalized spacial score (nSPS) is 28.9. The average Bonchev–Trinajstić information content (AvgIpc) is 3.20. The number of benzene rings is 1. The van der Waals surface area contributed by atoms with Crippen molar-refractivity contribution in [3.05, 3.63) is 56.7 Å². The van der Waals surface area contributed by atoms with Crippen molar-refractivity contribution in [2.75, 3.05) is 4.90 Å². The fourth-order valence-corrected chi connectivity index (χ4v) is 4.78. The molecule has 6 nitrogen and oxygen atoms in total. The highest BCUT2D eigenvalue weighted by atomic mass is 16.6. The van der Waals surface area contributed by atoms with Gasteiger partial charge in [-0.2, -0.15) is 0 Å². The monoisotopic (exact) mass is 352 g/mol. The van der Waals surface area contributed by atoms with Gasteiger partial charge < -0.3 is 0 Å². The van der Waals surface area contributed by atoms with Crippen LogP contribution in [0.25, 0.3) is 0 Å². The second-order valence-electron chi connectivity index (χ2n) is 7.64. The zero-order chi connectivity index (χ0) is 18.9. The number of hydrogen-bond acceptors (Lipinski definition) is 4. The maximum atomic E-state index is 13.2. The van der Waals surface area contributed by atoms with Crippen LogP contribution >= 0.6 is 0 Å². The van der Waals surface area contributed by atoms with Crippen LogP contribution in [0, 0.1) is 47.6 Å². The van der Waals surface area contributed by atoms with Crippen LogP contribution in [0.3, 0.4) is 0 Å². The summed E-state index contributed by atoms with van der Waals surface area (Å²) in [7, 11) is 0. The molecule has 1 aromatic carbocycles. The Labute approximate surface area is 151 Å². The van der Waals surface area contributed by atoms with Crippen molar-refractivity contribution in [3.8, 4) is 0 Å². The van der Waals surface area contributed by atoms with Crippen molar-refractivity contribution in [3.63, 3.8) is 0 Å². The van der Waals surface area contributed by atoms with E-state index in [1.54, 1.807) is 13.0 Å². The summed E-state index contributed by atoms with van der Waals surface area (Å²) in [6, 6.07) is 3.02. The summed E-state index contributed by atoms with van der Waals surface area (Å²) in [5, 5.41) is 11.5. The Bertz CT molecular complexity index is 905. The van der Waals surface area contributed by atoms with E-state index < -0.39 is 16.8 Å². The van der Waals surface area contributed by atoms with Crippen molar-refractivity contribution in [2.45, 2.75) is 27.7 Å². The van der Waals surface area contributed by atoms with Crippen molar-refractivity contribution < 1.29 is 14.5 Å². The van der Waals surface area contributed by atoms with E-state index >= 15 is 0 Å². The lowest BCUT2D eigenvalue weighted by atomic mass is 9.85. The first-order valence-corrected chi connectivity index (χ1v) is 8.73. The fraction of sp³-hybridized carbons (Fsp3) is 0.400. The Kier molecular flexibility index (Phi) is 3.45. The maximum absolute atomic E-state index is 13.2. The summed E-state index contributed by atoms with van der Waals surface area (Å²) in [6.45, 7) is 7.61. The molecule has 2 aliphatic carbocycles. The van der Waals surface area contributed by atoms with Crippen molar-refractivity contribution >= 4 is 23.2 Å². The number of amides is 2. The largest absolute Gasteiger partial charge is 0.293 e. The minimum atomic E-state index is -0.523. The smallest absolute Gasteiger partial charge is 0.274 e. The van der Waals surface area contributed by atoms with Gasteiger partial charge in [0.25, 0.3) is 5.69 Å². The number of hydrogen-bond donors (Lipinski definition) is 0. The summed E-state index contributed by atoms with van der Waals surface area (Å²) < 4.78 is 0. The minimum Gasteiger partial charge on any atom is -0.274 e. The summed E-state index contributed by atoms with van der Waals surface area (Å²) in [4.78, 5) is 38.4. The van der Waals surface area contributed by atoms with Crippen LogP contribution in [0.1, 0.15) is 25.0 Å². The van der Waals surface area contributed by atoms with Gasteiger partial charge in [-0.3, -0.25) is 19.7 Å². The molecule has 4 atom stereocenters. The molecule has 3 aliphatic rings. The molecule has 134 valence electrons. The standard InChI is InChI=1S/C20H20N2O4/c1-9(2)16-12-5-6-13(16)18-17(12)19(23)21(20(18)24)14-7-10(3)11(4)8-15(14)22(25)26/h5-8,12-13,17-18H,1-4H3/t12-,13-,17+,18+/m1/s1. The van der Waals surface area contributed by atoms with Crippen LogP contribution in [0.5, 0.6) is 0 Å². The number of rotatable bonds is 2. The first kappa shape index (κ1) is 16.7. The van der Waals surface area contributed by atoms with E-state index in [-0.39, 0.29) is 35.0 Å². The number of carbonyl (C=O) groups excluding carboxylic acids is 2. The molecule has 1 aliphatic heterocycles. The van der Waals surface area contributed by atoms with Crippen LogP contribution in [0.4, 0.5) is 11.4 Å². The summed E-state index contributed by atoms with van der Waals surface area (Å²) in [5.74, 6) is -1.65. The Hall–Kier alpha value is -2.76. The highest BCUT2D eigenvalue weighted by Crippen LogP contribution is 2.57. The van der Waals surface area contributed by atoms with Gasteiger partial charge in [0.2, 0.25) is 11.8 Å². The topological polar surface area (TPSA) is 80.5 Å². The summed E-state index contributed by atoms with van der Waals surface area (Å²) >= 11 is 0. The third-order valence-electron chi connectivity index (χ3n) is 6.02. The van der Waals surface area contributed by atoms with Gasteiger partial charge in [-0.25, -0.2) is 4.90 Å². The van der Waals surface area contributed by atoms with Gasteiger partial charge in [-0.15, -0.1) is 0 Å². The van der Waals surface area contributed by atoms with E-state index in [2.05, 4.69) is 0 Å². The zero-order valence-electron chi connectivity index (χ0n) is 15.1. The van der Waals surface area contributed by atoms with E-state index in [0.29, 0.717) is 0 Å². The lowest BCUT2D eigenvalue weighted by Crippen LogP contribution is -2.34. The third kappa shape index (κ3) is 1.98. The molecule has 1 saturated heterocycles. The predicted molar refractivity (Wildman–Crippen MR) is 96.5 cm³/mol. The number of fused-ring (bicyclic) bond motifs is 5. The van der Waals surface area contributed by atoms with Gasteiger partial charge in [0.05, 0.1) is 16.8 Å². The number of nitro groups is 1. The third-order valence-corrected chi connectivity index (χ3v) is 6.02. The van der Waals surface area contributed by atoms with E-state index in [9.17, 15) is 19.7 Å². The number of allylic oxidation sites excluding steroid dienone is 4. The Balaban J connectivity index is 1.83. The first-order valence-electron chi connectivity index (χ1n) is 8.73. The molecule has 2 bridgehead atoms. The molecule has 0 spiro atoms. The molecule has 4 rings (SSSR count). The molecule has 1 heterocycles. The predicted octanol–water partition coefficient (Wildman–Crippen LogP) is 3.47. The fourth-order valence-electron chi connectivity index (χ4n) is 4.78. The summed E-state index contributed by atoms with van der Waals surface area (Å²) in [5.41, 5.74) is 3.78.